The second kappa shape index (κ2) is 10.6. The van der Waals surface area contributed by atoms with Crippen LogP contribution in [0, 0.1) is 11.8 Å². The summed E-state index contributed by atoms with van der Waals surface area (Å²) in [6, 6.07) is 6.50. The van der Waals surface area contributed by atoms with Crippen LogP contribution in [-0.4, -0.2) is 59.9 Å². The molecule has 4 rings (SSSR count). The predicted molar refractivity (Wildman–Crippen MR) is 120 cm³/mol. The summed E-state index contributed by atoms with van der Waals surface area (Å²) in [5.74, 6) is -2.53. The molecule has 1 fully saturated rings. The highest BCUT2D eigenvalue weighted by atomic mass is 19.3. The maximum absolute atomic E-state index is 15.0. The minimum Gasteiger partial charge on any atom is -0.365 e. The van der Waals surface area contributed by atoms with E-state index in [0.29, 0.717) is 26.2 Å². The Morgan fingerprint density at radius 2 is 1.78 bits per heavy atom. The molecule has 0 unspecified atom stereocenters. The van der Waals surface area contributed by atoms with Crippen molar-refractivity contribution < 1.29 is 31.1 Å². The molecule has 0 bridgehead atoms. The van der Waals surface area contributed by atoms with Crippen molar-refractivity contribution in [1.29, 1.82) is 0 Å². The molecule has 0 radical (unpaired) electrons. The Bertz CT molecular complexity index is 1320. The molecule has 1 amide bonds. The largest absolute Gasteiger partial charge is 0.365 e. The second-order valence-corrected chi connectivity index (χ2v) is 8.23. The number of halogens is 6. The number of carbonyl (C=O) groups excluding carboxylic acids is 1. The number of amides is 1. The first-order chi connectivity index (χ1) is 17.1. The van der Waals surface area contributed by atoms with E-state index in [0.717, 1.165) is 6.07 Å². The maximum atomic E-state index is 15.0. The van der Waals surface area contributed by atoms with Crippen LogP contribution in [0.5, 0.6) is 0 Å². The monoisotopic (exact) mass is 513 g/mol. The molecule has 0 saturated carbocycles. The summed E-state index contributed by atoms with van der Waals surface area (Å²) >= 11 is 0. The molecule has 36 heavy (non-hydrogen) atoms. The van der Waals surface area contributed by atoms with Gasteiger partial charge in [0.2, 0.25) is 5.95 Å². The molecule has 2 N–H and O–H groups in total. The number of H-pyrrole nitrogens is 1. The van der Waals surface area contributed by atoms with Crippen LogP contribution in [0.1, 0.15) is 28.0 Å². The summed E-state index contributed by atoms with van der Waals surface area (Å²) in [4.78, 5) is 33.0. The van der Waals surface area contributed by atoms with E-state index < -0.39 is 48.2 Å². The number of alkyl halides is 4. The number of aromatic amines is 1. The molecular formula is C23H21F6N5O2. The van der Waals surface area contributed by atoms with Crippen molar-refractivity contribution in [2.45, 2.75) is 19.4 Å². The average molecular weight is 513 g/mol. The van der Waals surface area contributed by atoms with Crippen LogP contribution in [0.15, 0.2) is 35.1 Å². The number of aromatic nitrogens is 2. The number of anilines is 1. The summed E-state index contributed by atoms with van der Waals surface area (Å²) in [5.41, 5.74) is -1.83. The Labute approximate surface area is 200 Å². The first kappa shape index (κ1) is 25.5. The van der Waals surface area contributed by atoms with Crippen molar-refractivity contribution >= 4 is 22.5 Å². The Morgan fingerprint density at radius 1 is 1.06 bits per heavy atom. The van der Waals surface area contributed by atoms with Crippen LogP contribution in [0.2, 0.25) is 0 Å². The SMILES string of the molecule is O=C(NCC(F)F)c1ccc(N2CCN(Cc3ccc4cc(C(F)F)c(=O)[nH]c4c3F)CC2)c(F)n1. The highest BCUT2D eigenvalue weighted by Gasteiger charge is 2.23. The number of piperazine rings is 1. The number of nitrogens with one attached hydrogen (secondary N) is 2. The van der Waals surface area contributed by atoms with Crippen molar-refractivity contribution in [3.63, 3.8) is 0 Å². The highest BCUT2D eigenvalue weighted by molar-refractivity contribution is 5.92. The fourth-order valence-corrected chi connectivity index (χ4v) is 4.02. The third-order valence-corrected chi connectivity index (χ3v) is 5.89. The molecule has 2 aromatic heterocycles. The fraction of sp³-hybridized carbons (Fsp3) is 0.348. The molecule has 1 aromatic carbocycles. The second-order valence-electron chi connectivity index (χ2n) is 8.23. The molecule has 1 saturated heterocycles. The van der Waals surface area contributed by atoms with Crippen molar-refractivity contribution in [3.8, 4) is 0 Å². The summed E-state index contributed by atoms with van der Waals surface area (Å²) in [6.45, 7) is 0.885. The van der Waals surface area contributed by atoms with E-state index in [1.807, 2.05) is 10.2 Å². The fourth-order valence-electron chi connectivity index (χ4n) is 4.02. The van der Waals surface area contributed by atoms with Crippen LogP contribution in [-0.2, 0) is 6.54 Å². The number of benzene rings is 1. The number of nitrogens with zero attached hydrogens (tertiary/aromatic N) is 3. The Kier molecular flexibility index (Phi) is 7.48. The van der Waals surface area contributed by atoms with Crippen LogP contribution >= 0.6 is 0 Å². The molecule has 13 heteroatoms. The van der Waals surface area contributed by atoms with Gasteiger partial charge < -0.3 is 15.2 Å². The lowest BCUT2D eigenvalue weighted by atomic mass is 10.1. The quantitative estimate of drug-likeness (QED) is 0.374. The molecule has 0 atom stereocenters. The van der Waals surface area contributed by atoms with Gasteiger partial charge in [-0.15, -0.1) is 0 Å². The zero-order valence-electron chi connectivity index (χ0n) is 18.7. The molecule has 1 aliphatic rings. The lowest BCUT2D eigenvalue weighted by Crippen LogP contribution is -2.46. The zero-order chi connectivity index (χ0) is 26.0. The first-order valence-corrected chi connectivity index (χ1v) is 11.0. The van der Waals surface area contributed by atoms with Crippen LogP contribution in [0.4, 0.5) is 32.0 Å². The van der Waals surface area contributed by atoms with Crippen LogP contribution in [0.25, 0.3) is 10.9 Å². The number of hydrogen-bond acceptors (Lipinski definition) is 5. The van der Waals surface area contributed by atoms with Gasteiger partial charge in [0.15, 0.2) is 5.82 Å². The van der Waals surface area contributed by atoms with E-state index in [9.17, 15) is 31.5 Å². The normalized spacial score (nSPS) is 14.7. The van der Waals surface area contributed by atoms with Gasteiger partial charge in [0, 0.05) is 43.7 Å². The van der Waals surface area contributed by atoms with E-state index in [2.05, 4.69) is 9.97 Å². The van der Waals surface area contributed by atoms with Gasteiger partial charge in [0.25, 0.3) is 24.3 Å². The van der Waals surface area contributed by atoms with E-state index >= 15 is 4.39 Å². The summed E-state index contributed by atoms with van der Waals surface area (Å²) in [7, 11) is 0. The van der Waals surface area contributed by atoms with Gasteiger partial charge in [-0.3, -0.25) is 14.5 Å². The standard InChI is InChI=1S/C23H21F6N5O2/c24-17(25)10-30-23(36)15-3-4-16(21(29)31-15)34-7-5-33(6-8-34)11-13-2-1-12-9-14(20(27)28)22(35)32-19(12)18(13)26/h1-4,9,17,20H,5-8,10-11H2,(H,30,36)(H,32,35). The van der Waals surface area contributed by atoms with Crippen LogP contribution in [0.3, 0.4) is 0 Å². The average Bonchev–Trinajstić information content (AvgIpc) is 2.84. The number of carbonyl (C=O) groups is 1. The van der Waals surface area contributed by atoms with Crippen molar-refractivity contribution in [2.75, 3.05) is 37.6 Å². The number of fused-ring (bicyclic) bond motifs is 1. The van der Waals surface area contributed by atoms with Gasteiger partial charge in [-0.25, -0.2) is 26.9 Å². The van der Waals surface area contributed by atoms with Gasteiger partial charge in [-0.2, -0.15) is 4.39 Å². The Hall–Kier alpha value is -3.61. The number of hydrogen-bond donors (Lipinski definition) is 2. The predicted octanol–water partition coefficient (Wildman–Crippen LogP) is 3.46. The minimum atomic E-state index is -2.98. The van der Waals surface area contributed by atoms with Crippen molar-refractivity contribution in [1.82, 2.24) is 20.2 Å². The third kappa shape index (κ3) is 5.45. The minimum absolute atomic E-state index is 0.143. The van der Waals surface area contributed by atoms with Gasteiger partial charge in [-0.1, -0.05) is 12.1 Å². The number of rotatable bonds is 7. The van der Waals surface area contributed by atoms with Gasteiger partial charge in [0.1, 0.15) is 5.69 Å². The molecular weight excluding hydrogens is 492 g/mol. The third-order valence-electron chi connectivity index (χ3n) is 5.89. The van der Waals surface area contributed by atoms with Crippen molar-refractivity contribution in [2.24, 2.45) is 0 Å². The molecule has 0 spiro atoms. The highest BCUT2D eigenvalue weighted by Crippen LogP contribution is 2.25. The summed E-state index contributed by atoms with van der Waals surface area (Å²) in [6.07, 6.45) is -5.71. The van der Waals surface area contributed by atoms with E-state index in [1.165, 1.54) is 24.3 Å². The molecule has 3 heterocycles. The topological polar surface area (TPSA) is 81.3 Å². The van der Waals surface area contributed by atoms with Gasteiger partial charge in [0.05, 0.1) is 23.3 Å². The van der Waals surface area contributed by atoms with E-state index in [-0.39, 0.29) is 34.4 Å². The molecule has 1 aliphatic heterocycles. The Morgan fingerprint density at radius 3 is 2.42 bits per heavy atom. The summed E-state index contributed by atoms with van der Waals surface area (Å²) in [5, 5.41) is 2.12. The number of pyridine rings is 2. The smallest absolute Gasteiger partial charge is 0.270 e. The zero-order valence-corrected chi connectivity index (χ0v) is 18.7. The Balaban J connectivity index is 1.41. The van der Waals surface area contributed by atoms with Crippen LogP contribution < -0.4 is 15.8 Å². The lowest BCUT2D eigenvalue weighted by Gasteiger charge is -2.36. The summed E-state index contributed by atoms with van der Waals surface area (Å²) < 4.78 is 79.9. The molecule has 192 valence electrons. The van der Waals surface area contributed by atoms with Gasteiger partial charge in [-0.05, 0) is 18.2 Å². The maximum Gasteiger partial charge on any atom is 0.270 e. The van der Waals surface area contributed by atoms with Crippen molar-refractivity contribution in [3.05, 3.63) is 69.3 Å². The molecule has 0 aliphatic carbocycles. The lowest BCUT2D eigenvalue weighted by molar-refractivity contribution is 0.0886. The van der Waals surface area contributed by atoms with E-state index in [4.69, 9.17) is 0 Å². The first-order valence-electron chi connectivity index (χ1n) is 11.0. The van der Waals surface area contributed by atoms with Gasteiger partial charge >= 0.3 is 0 Å². The molecule has 3 aromatic rings. The van der Waals surface area contributed by atoms with E-state index in [1.54, 1.807) is 4.90 Å². The molecule has 7 nitrogen and oxygen atoms in total.